The predicted octanol–water partition coefficient (Wildman–Crippen LogP) is 2.41. The molecule has 2 saturated carbocycles. The van der Waals surface area contributed by atoms with Crippen molar-refractivity contribution in [3.63, 3.8) is 0 Å². The summed E-state index contributed by atoms with van der Waals surface area (Å²) in [5, 5.41) is 3.29. The summed E-state index contributed by atoms with van der Waals surface area (Å²) in [5.74, 6) is 3.46. The van der Waals surface area contributed by atoms with Crippen molar-refractivity contribution in [2.75, 3.05) is 19.6 Å². The van der Waals surface area contributed by atoms with Crippen LogP contribution in [0.3, 0.4) is 0 Å². The molecule has 0 aromatic rings. The number of likely N-dealkylation sites (tertiary alicyclic amines) is 1. The van der Waals surface area contributed by atoms with Crippen LogP contribution in [-0.4, -0.2) is 42.5 Å². The van der Waals surface area contributed by atoms with Gasteiger partial charge in [-0.05, 0) is 69.2 Å². The van der Waals surface area contributed by atoms with Crippen molar-refractivity contribution in [3.05, 3.63) is 0 Å². The topological polar surface area (TPSA) is 58.4 Å². The highest BCUT2D eigenvalue weighted by atomic mass is 35.5. The second kappa shape index (κ2) is 8.17. The first kappa shape index (κ1) is 19.0. The Balaban J connectivity index is 0.00000192. The fourth-order valence-corrected chi connectivity index (χ4v) is 5.25. The van der Waals surface area contributed by atoms with E-state index in [1.54, 1.807) is 0 Å². The lowest BCUT2D eigenvalue weighted by Crippen LogP contribution is -2.51. The number of fused-ring (bicyclic) bond motifs is 2. The van der Waals surface area contributed by atoms with Crippen LogP contribution in [0.4, 0.5) is 0 Å². The molecule has 3 aliphatic rings. The minimum Gasteiger partial charge on any atom is -0.352 e. The van der Waals surface area contributed by atoms with E-state index < -0.39 is 0 Å². The molecule has 1 saturated heterocycles. The predicted molar refractivity (Wildman–Crippen MR) is 96.6 cm³/mol. The lowest BCUT2D eigenvalue weighted by molar-refractivity contribution is -0.124. The van der Waals surface area contributed by atoms with Gasteiger partial charge in [0.2, 0.25) is 5.91 Å². The molecule has 0 aromatic carbocycles. The molecule has 0 aromatic heterocycles. The fraction of sp³-hybridized carbons (Fsp3) is 0.944. The zero-order chi connectivity index (χ0) is 15.7. The molecule has 3 N–H and O–H groups in total. The van der Waals surface area contributed by atoms with E-state index in [0.29, 0.717) is 25.2 Å². The third-order valence-corrected chi connectivity index (χ3v) is 6.54. The van der Waals surface area contributed by atoms with Crippen LogP contribution in [0.1, 0.15) is 52.4 Å². The molecule has 3 fully saturated rings. The molecule has 3 rings (SSSR count). The summed E-state index contributed by atoms with van der Waals surface area (Å²) in [7, 11) is 0. The minimum absolute atomic E-state index is 0. The largest absolute Gasteiger partial charge is 0.352 e. The Labute approximate surface area is 147 Å². The Morgan fingerprint density at radius 2 is 2.04 bits per heavy atom. The number of piperidine rings is 1. The molecule has 1 heterocycles. The molecule has 6 unspecified atom stereocenters. The highest BCUT2D eigenvalue weighted by Crippen LogP contribution is 2.49. The number of nitrogens with one attached hydrogen (secondary N) is 1. The van der Waals surface area contributed by atoms with Crippen LogP contribution in [-0.2, 0) is 4.79 Å². The summed E-state index contributed by atoms with van der Waals surface area (Å²) in [4.78, 5) is 14.7. The quantitative estimate of drug-likeness (QED) is 0.806. The van der Waals surface area contributed by atoms with Gasteiger partial charge in [0.25, 0.3) is 0 Å². The Bertz CT molecular complexity index is 406. The Kier molecular flexibility index (Phi) is 6.76. The number of halogens is 1. The van der Waals surface area contributed by atoms with Gasteiger partial charge in [-0.1, -0.05) is 13.3 Å². The number of carbonyl (C=O) groups excluding carboxylic acids is 1. The monoisotopic (exact) mass is 343 g/mol. The zero-order valence-corrected chi connectivity index (χ0v) is 15.5. The van der Waals surface area contributed by atoms with Crippen LogP contribution in [0.5, 0.6) is 0 Å². The second-order valence-electron chi connectivity index (χ2n) is 8.18. The minimum atomic E-state index is 0. The van der Waals surface area contributed by atoms with Crippen LogP contribution in [0.2, 0.25) is 0 Å². The highest BCUT2D eigenvalue weighted by Gasteiger charge is 2.42. The normalized spacial score (nSPS) is 38.1. The summed E-state index contributed by atoms with van der Waals surface area (Å²) in [5.41, 5.74) is 5.90. The molecule has 4 nitrogen and oxygen atoms in total. The molecule has 1 amide bonds. The molecule has 0 radical (unpaired) electrons. The number of hydrogen-bond acceptors (Lipinski definition) is 3. The number of amides is 1. The molecule has 0 spiro atoms. The first-order valence-electron chi connectivity index (χ1n) is 9.30. The number of nitrogens with two attached hydrogens (primary N) is 1. The van der Waals surface area contributed by atoms with Crippen molar-refractivity contribution in [2.24, 2.45) is 29.4 Å². The number of carbonyl (C=O) groups is 1. The molecule has 6 atom stereocenters. The van der Waals surface area contributed by atoms with Gasteiger partial charge < -0.3 is 11.1 Å². The van der Waals surface area contributed by atoms with Crippen LogP contribution in [0.15, 0.2) is 0 Å². The first-order chi connectivity index (χ1) is 10.6. The van der Waals surface area contributed by atoms with E-state index >= 15 is 0 Å². The maximum atomic E-state index is 12.4. The van der Waals surface area contributed by atoms with E-state index in [2.05, 4.69) is 24.1 Å². The molecule has 134 valence electrons. The van der Waals surface area contributed by atoms with Gasteiger partial charge in [0.05, 0.1) is 6.54 Å². The van der Waals surface area contributed by atoms with Gasteiger partial charge >= 0.3 is 0 Å². The van der Waals surface area contributed by atoms with Crippen molar-refractivity contribution >= 4 is 18.3 Å². The van der Waals surface area contributed by atoms with Crippen LogP contribution >= 0.6 is 12.4 Å². The molecule has 5 heteroatoms. The molecule has 23 heavy (non-hydrogen) atoms. The average Bonchev–Trinajstić information content (AvgIpc) is 3.11. The molecule has 2 bridgehead atoms. The first-order valence-corrected chi connectivity index (χ1v) is 9.30. The number of nitrogens with zero attached hydrogens (tertiary/aromatic N) is 1. The Morgan fingerprint density at radius 3 is 2.65 bits per heavy atom. The summed E-state index contributed by atoms with van der Waals surface area (Å²) < 4.78 is 0. The third kappa shape index (κ3) is 4.40. The lowest BCUT2D eigenvalue weighted by atomic mass is 9.84. The van der Waals surface area contributed by atoms with Crippen molar-refractivity contribution in [1.29, 1.82) is 0 Å². The summed E-state index contributed by atoms with van der Waals surface area (Å²) in [6.45, 7) is 6.71. The zero-order valence-electron chi connectivity index (χ0n) is 14.7. The van der Waals surface area contributed by atoms with Crippen molar-refractivity contribution in [3.8, 4) is 0 Å². The van der Waals surface area contributed by atoms with E-state index in [1.807, 2.05) is 0 Å². The number of hydrogen-bond donors (Lipinski definition) is 2. The highest BCUT2D eigenvalue weighted by molar-refractivity contribution is 5.85. The van der Waals surface area contributed by atoms with Gasteiger partial charge in [0.15, 0.2) is 0 Å². The molecular formula is C18H34ClN3O. The van der Waals surface area contributed by atoms with Crippen LogP contribution in [0.25, 0.3) is 0 Å². The van der Waals surface area contributed by atoms with Crippen LogP contribution < -0.4 is 11.1 Å². The van der Waals surface area contributed by atoms with Crippen molar-refractivity contribution < 1.29 is 4.79 Å². The number of rotatable bonds is 5. The lowest BCUT2D eigenvalue weighted by Gasteiger charge is -2.38. The van der Waals surface area contributed by atoms with Crippen molar-refractivity contribution in [1.82, 2.24) is 10.2 Å². The summed E-state index contributed by atoms with van der Waals surface area (Å²) >= 11 is 0. The van der Waals surface area contributed by atoms with Gasteiger partial charge in [-0.3, -0.25) is 9.69 Å². The van der Waals surface area contributed by atoms with Gasteiger partial charge in [-0.15, -0.1) is 12.4 Å². The van der Waals surface area contributed by atoms with Crippen LogP contribution in [0, 0.1) is 23.7 Å². The molecular weight excluding hydrogens is 310 g/mol. The maximum Gasteiger partial charge on any atom is 0.234 e. The SMILES string of the molecule is CC1CCN(CC(=O)NC(C)C2CC3CCC2C3)C(CN)C1.Cl. The van der Waals surface area contributed by atoms with E-state index in [4.69, 9.17) is 5.73 Å². The van der Waals surface area contributed by atoms with Crippen molar-refractivity contribution in [2.45, 2.75) is 64.5 Å². The summed E-state index contributed by atoms with van der Waals surface area (Å²) in [6.07, 6.45) is 7.86. The van der Waals surface area contributed by atoms with E-state index in [1.165, 1.54) is 32.1 Å². The van der Waals surface area contributed by atoms with E-state index in [-0.39, 0.29) is 18.3 Å². The van der Waals surface area contributed by atoms with Gasteiger partial charge in [0.1, 0.15) is 0 Å². The molecule has 2 aliphatic carbocycles. The van der Waals surface area contributed by atoms with Gasteiger partial charge in [-0.2, -0.15) is 0 Å². The van der Waals surface area contributed by atoms with Gasteiger partial charge in [0, 0.05) is 18.6 Å². The van der Waals surface area contributed by atoms with E-state index in [9.17, 15) is 4.79 Å². The second-order valence-corrected chi connectivity index (χ2v) is 8.18. The smallest absolute Gasteiger partial charge is 0.234 e. The maximum absolute atomic E-state index is 12.4. The standard InChI is InChI=1S/C18H33N3O.ClH/c1-12-5-6-21(16(7-12)10-19)11-18(22)20-13(2)17-9-14-3-4-15(17)8-14;/h12-17H,3-11,19H2,1-2H3,(H,20,22);1H. The van der Waals surface area contributed by atoms with Gasteiger partial charge in [-0.25, -0.2) is 0 Å². The van der Waals surface area contributed by atoms with E-state index in [0.717, 1.165) is 36.6 Å². The average molecular weight is 344 g/mol. The summed E-state index contributed by atoms with van der Waals surface area (Å²) in [6, 6.07) is 0.718. The Morgan fingerprint density at radius 1 is 1.26 bits per heavy atom. The molecule has 1 aliphatic heterocycles. The fourth-order valence-electron chi connectivity index (χ4n) is 5.25. The third-order valence-electron chi connectivity index (χ3n) is 6.54. The Hall–Kier alpha value is -0.320.